The van der Waals surface area contributed by atoms with Gasteiger partial charge >= 0.3 is 6.18 Å². The van der Waals surface area contributed by atoms with Crippen molar-refractivity contribution in [3.05, 3.63) is 47.0 Å². The summed E-state index contributed by atoms with van der Waals surface area (Å²) in [6.07, 6.45) is -3.00. The number of Topliss-reactive ketones (excluding diaryl/α,β-unsaturated/α-hetero) is 1. The molecule has 1 aromatic rings. The first kappa shape index (κ1) is 14.5. The topological polar surface area (TPSA) is 34.1 Å². The Morgan fingerprint density at radius 3 is 2.40 bits per heavy atom. The summed E-state index contributed by atoms with van der Waals surface area (Å²) in [5, 5.41) is 0. The highest BCUT2D eigenvalue weighted by Gasteiger charge is 2.36. The van der Waals surface area contributed by atoms with Crippen LogP contribution in [0.4, 0.5) is 13.2 Å². The largest absolute Gasteiger partial charge is 0.416 e. The standard InChI is InChI=1S/C15H13F3O2/c1-14(2)8-10(7-12(14)19)13(20)9-4-3-5-11(6-9)15(16,17)18/h3-7H,8H2,1-2H3. The van der Waals surface area contributed by atoms with Crippen molar-refractivity contribution in [2.24, 2.45) is 5.41 Å². The molecular weight excluding hydrogens is 269 g/mol. The lowest BCUT2D eigenvalue weighted by Gasteiger charge is -2.15. The minimum Gasteiger partial charge on any atom is -0.294 e. The molecule has 1 aliphatic rings. The van der Waals surface area contributed by atoms with Crippen molar-refractivity contribution < 1.29 is 22.8 Å². The van der Waals surface area contributed by atoms with Crippen molar-refractivity contribution >= 4 is 11.6 Å². The van der Waals surface area contributed by atoms with Crippen LogP contribution in [0.2, 0.25) is 0 Å². The predicted octanol–water partition coefficient (Wildman–Crippen LogP) is 3.81. The molecule has 1 aromatic carbocycles. The van der Waals surface area contributed by atoms with E-state index in [1.54, 1.807) is 13.8 Å². The maximum Gasteiger partial charge on any atom is 0.416 e. The zero-order valence-electron chi connectivity index (χ0n) is 11.0. The molecular formula is C15H13F3O2. The highest BCUT2D eigenvalue weighted by Crippen LogP contribution is 2.36. The van der Waals surface area contributed by atoms with Gasteiger partial charge in [-0.3, -0.25) is 9.59 Å². The van der Waals surface area contributed by atoms with Gasteiger partial charge in [0.05, 0.1) is 5.56 Å². The van der Waals surface area contributed by atoms with Gasteiger partial charge in [0, 0.05) is 16.6 Å². The SMILES string of the molecule is CC1(C)CC(C(=O)c2cccc(C(F)(F)F)c2)=CC1=O. The molecule has 0 unspecified atom stereocenters. The fourth-order valence-corrected chi connectivity index (χ4v) is 2.14. The summed E-state index contributed by atoms with van der Waals surface area (Å²) in [5.74, 6) is -0.692. The van der Waals surface area contributed by atoms with Gasteiger partial charge in [0.15, 0.2) is 11.6 Å². The molecule has 1 aliphatic carbocycles. The monoisotopic (exact) mass is 282 g/mol. The molecule has 106 valence electrons. The van der Waals surface area contributed by atoms with Gasteiger partial charge in [0.2, 0.25) is 0 Å². The van der Waals surface area contributed by atoms with Crippen LogP contribution in [0.15, 0.2) is 35.9 Å². The van der Waals surface area contributed by atoms with Gasteiger partial charge in [-0.1, -0.05) is 26.0 Å². The normalized spacial score (nSPS) is 18.1. The Morgan fingerprint density at radius 1 is 1.25 bits per heavy atom. The predicted molar refractivity (Wildman–Crippen MR) is 67.3 cm³/mol. The lowest BCUT2D eigenvalue weighted by Crippen LogP contribution is -2.17. The molecule has 0 aliphatic heterocycles. The summed E-state index contributed by atoms with van der Waals surface area (Å²) in [7, 11) is 0. The molecule has 0 saturated carbocycles. The molecule has 0 bridgehead atoms. The first-order chi connectivity index (χ1) is 9.11. The number of ketones is 2. The molecule has 20 heavy (non-hydrogen) atoms. The number of hydrogen-bond donors (Lipinski definition) is 0. The molecule has 0 amide bonds. The van der Waals surface area contributed by atoms with Crippen LogP contribution in [0.1, 0.15) is 36.2 Å². The molecule has 0 fully saturated rings. The number of benzene rings is 1. The van der Waals surface area contributed by atoms with Crippen LogP contribution in [0.5, 0.6) is 0 Å². The van der Waals surface area contributed by atoms with E-state index in [-0.39, 0.29) is 23.3 Å². The summed E-state index contributed by atoms with van der Waals surface area (Å²) in [6, 6.07) is 4.25. The van der Waals surface area contributed by atoms with E-state index in [2.05, 4.69) is 0 Å². The Kier molecular flexibility index (Phi) is 3.32. The van der Waals surface area contributed by atoms with Gasteiger partial charge < -0.3 is 0 Å². The summed E-state index contributed by atoms with van der Waals surface area (Å²) in [4.78, 5) is 23.8. The fraction of sp³-hybridized carbons (Fsp3) is 0.333. The minimum atomic E-state index is -4.49. The maximum atomic E-state index is 12.6. The summed E-state index contributed by atoms with van der Waals surface area (Å²) < 4.78 is 37.8. The van der Waals surface area contributed by atoms with Gasteiger partial charge in [0.1, 0.15) is 0 Å². The van der Waals surface area contributed by atoms with E-state index in [1.807, 2.05) is 0 Å². The fourth-order valence-electron chi connectivity index (χ4n) is 2.14. The Morgan fingerprint density at radius 2 is 1.90 bits per heavy atom. The highest BCUT2D eigenvalue weighted by molar-refractivity contribution is 6.15. The van der Waals surface area contributed by atoms with Gasteiger partial charge in [-0.05, 0) is 24.6 Å². The van der Waals surface area contributed by atoms with Crippen LogP contribution < -0.4 is 0 Å². The van der Waals surface area contributed by atoms with E-state index in [0.717, 1.165) is 12.1 Å². The number of alkyl halides is 3. The number of carbonyl (C=O) groups excluding carboxylic acids is 2. The third kappa shape index (κ3) is 2.66. The third-order valence-electron chi connectivity index (χ3n) is 3.35. The first-order valence-corrected chi connectivity index (χ1v) is 6.08. The molecule has 0 spiro atoms. The van der Waals surface area contributed by atoms with Crippen molar-refractivity contribution in [2.75, 3.05) is 0 Å². The Hall–Kier alpha value is -1.91. The molecule has 5 heteroatoms. The molecule has 0 N–H and O–H groups in total. The zero-order chi connectivity index (χ0) is 15.1. The van der Waals surface area contributed by atoms with Crippen LogP contribution in [0.25, 0.3) is 0 Å². The van der Waals surface area contributed by atoms with Crippen molar-refractivity contribution in [2.45, 2.75) is 26.4 Å². The smallest absolute Gasteiger partial charge is 0.294 e. The Labute approximate surface area is 114 Å². The van der Waals surface area contributed by atoms with E-state index in [9.17, 15) is 22.8 Å². The van der Waals surface area contributed by atoms with E-state index in [4.69, 9.17) is 0 Å². The summed E-state index contributed by atoms with van der Waals surface area (Å²) in [6.45, 7) is 3.41. The van der Waals surface area contributed by atoms with Gasteiger partial charge in [-0.25, -0.2) is 0 Å². The van der Waals surface area contributed by atoms with Crippen LogP contribution in [-0.4, -0.2) is 11.6 Å². The molecule has 0 radical (unpaired) electrons. The molecule has 0 heterocycles. The third-order valence-corrected chi connectivity index (χ3v) is 3.35. The second kappa shape index (κ2) is 4.58. The van der Waals surface area contributed by atoms with Crippen LogP contribution in [0.3, 0.4) is 0 Å². The van der Waals surface area contributed by atoms with Crippen LogP contribution in [0, 0.1) is 5.41 Å². The van der Waals surface area contributed by atoms with Gasteiger partial charge in [-0.15, -0.1) is 0 Å². The van der Waals surface area contributed by atoms with Gasteiger partial charge in [0.25, 0.3) is 0 Å². The number of halogens is 3. The maximum absolute atomic E-state index is 12.6. The van der Waals surface area contributed by atoms with E-state index in [0.29, 0.717) is 0 Å². The average Bonchev–Trinajstić information content (AvgIpc) is 2.62. The zero-order valence-corrected chi connectivity index (χ0v) is 11.0. The Balaban J connectivity index is 2.32. The lowest BCUT2D eigenvalue weighted by atomic mass is 9.87. The van der Waals surface area contributed by atoms with E-state index < -0.39 is 22.9 Å². The highest BCUT2D eigenvalue weighted by atomic mass is 19.4. The minimum absolute atomic E-state index is 0.0448. The number of allylic oxidation sites excluding steroid dienone is 2. The van der Waals surface area contributed by atoms with Crippen molar-refractivity contribution in [3.8, 4) is 0 Å². The number of carbonyl (C=O) groups is 2. The quantitative estimate of drug-likeness (QED) is 0.773. The summed E-state index contributed by atoms with van der Waals surface area (Å²) >= 11 is 0. The second-order valence-electron chi connectivity index (χ2n) is 5.50. The van der Waals surface area contributed by atoms with Crippen molar-refractivity contribution in [3.63, 3.8) is 0 Å². The first-order valence-electron chi connectivity index (χ1n) is 6.08. The van der Waals surface area contributed by atoms with Crippen LogP contribution >= 0.6 is 0 Å². The molecule has 0 saturated heterocycles. The van der Waals surface area contributed by atoms with Crippen molar-refractivity contribution in [1.29, 1.82) is 0 Å². The number of rotatable bonds is 2. The van der Waals surface area contributed by atoms with E-state index >= 15 is 0 Å². The molecule has 2 nitrogen and oxygen atoms in total. The molecule has 0 atom stereocenters. The lowest BCUT2D eigenvalue weighted by molar-refractivity contribution is -0.137. The Bertz CT molecular complexity index is 610. The average molecular weight is 282 g/mol. The van der Waals surface area contributed by atoms with Crippen LogP contribution in [-0.2, 0) is 11.0 Å². The van der Waals surface area contributed by atoms with Crippen molar-refractivity contribution in [1.82, 2.24) is 0 Å². The second-order valence-corrected chi connectivity index (χ2v) is 5.50. The summed E-state index contributed by atoms with van der Waals surface area (Å²) in [5.41, 5.74) is -1.31. The molecule has 0 aromatic heterocycles. The van der Waals surface area contributed by atoms with E-state index in [1.165, 1.54) is 18.2 Å². The molecule has 2 rings (SSSR count). The number of hydrogen-bond acceptors (Lipinski definition) is 2. The van der Waals surface area contributed by atoms with Gasteiger partial charge in [-0.2, -0.15) is 13.2 Å².